The number of benzene rings is 2. The molecule has 12 heteroatoms. The van der Waals surface area contributed by atoms with Gasteiger partial charge < -0.3 is 9.72 Å². The van der Waals surface area contributed by atoms with E-state index in [1.165, 1.54) is 12.3 Å². The second-order valence-electron chi connectivity index (χ2n) is 15.4. The van der Waals surface area contributed by atoms with Crippen LogP contribution in [0.4, 0.5) is 0 Å². The molecule has 0 atom stereocenters. The molecule has 0 bridgehead atoms. The number of nitrogens with one attached hydrogen (secondary N) is 1. The van der Waals surface area contributed by atoms with E-state index in [9.17, 15) is 4.79 Å². The SMILES string of the molecule is Cc1ccc2ccc3ccc(CCCc4ccc5c(Oc6ccnc(-c7cccc(CCCc8cccc(-c9nccc(=O)[nH]9)n8)n7)n6)cc6ccc(C)nc6c5n4)nc3c2n1. The number of pyridine rings is 6. The molecule has 0 spiro atoms. The van der Waals surface area contributed by atoms with Crippen molar-refractivity contribution in [1.29, 1.82) is 0 Å². The van der Waals surface area contributed by atoms with Gasteiger partial charge in [0.2, 0.25) is 5.88 Å². The summed E-state index contributed by atoms with van der Waals surface area (Å²) in [6.45, 7) is 4.01. The molecule has 10 aromatic rings. The third kappa shape index (κ3) is 8.18. The number of aromatic nitrogens is 10. The Labute approximate surface area is 356 Å². The van der Waals surface area contributed by atoms with Crippen LogP contribution in [-0.2, 0) is 25.7 Å². The van der Waals surface area contributed by atoms with Gasteiger partial charge in [-0.25, -0.2) is 19.9 Å². The Morgan fingerprint density at radius 3 is 1.79 bits per heavy atom. The molecule has 0 aliphatic heterocycles. The van der Waals surface area contributed by atoms with Crippen molar-refractivity contribution in [3.05, 3.63) is 172 Å². The molecule has 0 saturated heterocycles. The van der Waals surface area contributed by atoms with E-state index in [0.29, 0.717) is 34.7 Å². The maximum atomic E-state index is 11.8. The molecule has 2 aromatic carbocycles. The van der Waals surface area contributed by atoms with Gasteiger partial charge >= 0.3 is 0 Å². The average Bonchev–Trinajstić information content (AvgIpc) is 3.29. The first-order valence-electron chi connectivity index (χ1n) is 20.7. The highest BCUT2D eigenvalue weighted by Gasteiger charge is 2.15. The molecule has 0 aliphatic carbocycles. The Morgan fingerprint density at radius 1 is 0.500 bits per heavy atom. The van der Waals surface area contributed by atoms with Crippen molar-refractivity contribution in [3.63, 3.8) is 0 Å². The average molecular weight is 813 g/mol. The molecular weight excluding hydrogens is 773 g/mol. The van der Waals surface area contributed by atoms with E-state index in [-0.39, 0.29) is 5.56 Å². The van der Waals surface area contributed by atoms with Crippen LogP contribution in [0.15, 0.2) is 132 Å². The lowest BCUT2D eigenvalue weighted by Gasteiger charge is -2.13. The molecule has 12 nitrogen and oxygen atoms in total. The van der Waals surface area contributed by atoms with Gasteiger partial charge in [0.05, 0.1) is 16.6 Å². The van der Waals surface area contributed by atoms with E-state index < -0.39 is 0 Å². The Hall–Kier alpha value is -7.86. The summed E-state index contributed by atoms with van der Waals surface area (Å²) in [4.78, 5) is 57.7. The number of H-pyrrole nitrogens is 1. The Bertz CT molecular complexity index is 3370. The van der Waals surface area contributed by atoms with Crippen molar-refractivity contribution >= 4 is 43.6 Å². The Morgan fingerprint density at radius 2 is 1.06 bits per heavy atom. The van der Waals surface area contributed by atoms with Gasteiger partial charge in [0.15, 0.2) is 11.6 Å². The minimum Gasteiger partial charge on any atom is -0.438 e. The van der Waals surface area contributed by atoms with Crippen molar-refractivity contribution in [1.82, 2.24) is 49.8 Å². The summed E-state index contributed by atoms with van der Waals surface area (Å²) in [6, 6.07) is 37.6. The van der Waals surface area contributed by atoms with Gasteiger partial charge in [-0.3, -0.25) is 24.7 Å². The topological polar surface area (TPSA) is 158 Å². The Kier molecular flexibility index (Phi) is 10.3. The molecule has 8 heterocycles. The summed E-state index contributed by atoms with van der Waals surface area (Å²) in [5.74, 6) is 1.94. The molecule has 8 aromatic heterocycles. The summed E-state index contributed by atoms with van der Waals surface area (Å²) in [7, 11) is 0. The normalized spacial score (nSPS) is 11.5. The molecule has 0 saturated carbocycles. The fourth-order valence-corrected chi connectivity index (χ4v) is 7.77. The predicted octanol–water partition coefficient (Wildman–Crippen LogP) is 9.64. The van der Waals surface area contributed by atoms with Crippen molar-refractivity contribution in [2.75, 3.05) is 0 Å². The zero-order valence-corrected chi connectivity index (χ0v) is 34.2. The number of fused-ring (bicyclic) bond motifs is 6. The van der Waals surface area contributed by atoms with Gasteiger partial charge in [-0.05, 0) is 113 Å². The first-order valence-corrected chi connectivity index (χ1v) is 20.7. The van der Waals surface area contributed by atoms with Crippen LogP contribution in [-0.4, -0.2) is 49.8 Å². The summed E-state index contributed by atoms with van der Waals surface area (Å²) >= 11 is 0. The highest BCUT2D eigenvalue weighted by molar-refractivity contribution is 6.06. The fraction of sp³-hybridized carbons (Fsp3) is 0.160. The molecule has 0 amide bonds. The molecule has 0 fully saturated rings. The standard InChI is InChI=1S/C50H40N10O2/c1-30-15-17-32-19-20-33-21-22-37(57-46(33)45(32)53-30)9-4-10-38-23-24-39-42(29-34-18-16-31(2)54-47(34)48(39)58-38)62-44-26-28-52-50(60-44)41-14-6-12-36(56-41)8-3-7-35-11-5-13-40(55-35)49-51-27-25-43(61)59-49/h5-6,11-29H,3-4,7-10H2,1-2H3,(H,51,59,61). The number of rotatable bonds is 12. The number of aromatic amines is 1. The van der Waals surface area contributed by atoms with Gasteiger partial charge in [-0.2, -0.15) is 4.98 Å². The second kappa shape index (κ2) is 16.7. The summed E-state index contributed by atoms with van der Waals surface area (Å²) in [5, 5.41) is 3.96. The van der Waals surface area contributed by atoms with Crippen molar-refractivity contribution < 1.29 is 4.74 Å². The van der Waals surface area contributed by atoms with Crippen molar-refractivity contribution in [3.8, 4) is 34.7 Å². The smallest absolute Gasteiger partial charge is 0.251 e. The third-order valence-corrected chi connectivity index (χ3v) is 10.8. The van der Waals surface area contributed by atoms with Gasteiger partial charge in [-0.15, -0.1) is 0 Å². The molecular formula is C50H40N10O2. The highest BCUT2D eigenvalue weighted by atomic mass is 16.5. The zero-order valence-electron chi connectivity index (χ0n) is 34.2. The second-order valence-corrected chi connectivity index (χ2v) is 15.4. The molecule has 1 N–H and O–H groups in total. The van der Waals surface area contributed by atoms with Gasteiger partial charge in [-0.1, -0.05) is 42.5 Å². The maximum Gasteiger partial charge on any atom is 0.251 e. The van der Waals surface area contributed by atoms with Crippen molar-refractivity contribution in [2.24, 2.45) is 0 Å². The van der Waals surface area contributed by atoms with Crippen LogP contribution < -0.4 is 10.3 Å². The lowest BCUT2D eigenvalue weighted by Crippen LogP contribution is -2.07. The molecule has 0 aliphatic rings. The molecule has 0 unspecified atom stereocenters. The third-order valence-electron chi connectivity index (χ3n) is 10.8. The first-order chi connectivity index (χ1) is 30.4. The van der Waals surface area contributed by atoms with Crippen LogP contribution in [0.5, 0.6) is 11.6 Å². The van der Waals surface area contributed by atoms with E-state index in [0.717, 1.165) is 116 Å². The van der Waals surface area contributed by atoms with E-state index in [1.54, 1.807) is 12.3 Å². The van der Waals surface area contributed by atoms with Gasteiger partial charge in [0.1, 0.15) is 22.7 Å². The summed E-state index contributed by atoms with van der Waals surface area (Å²) in [6.07, 6.45) is 7.95. The zero-order chi connectivity index (χ0) is 42.0. The van der Waals surface area contributed by atoms with Gasteiger partial charge in [0, 0.05) is 80.2 Å². The maximum absolute atomic E-state index is 11.8. The number of hydrogen-bond donors (Lipinski definition) is 1. The largest absolute Gasteiger partial charge is 0.438 e. The van der Waals surface area contributed by atoms with E-state index in [2.05, 4.69) is 63.5 Å². The minimum absolute atomic E-state index is 0.212. The number of ether oxygens (including phenoxy) is 1. The van der Waals surface area contributed by atoms with Crippen LogP contribution in [0.1, 0.15) is 47.0 Å². The molecule has 0 radical (unpaired) electrons. The van der Waals surface area contributed by atoms with Crippen LogP contribution in [0.3, 0.4) is 0 Å². The van der Waals surface area contributed by atoms with Crippen molar-refractivity contribution in [2.45, 2.75) is 52.4 Å². The lowest BCUT2D eigenvalue weighted by atomic mass is 10.1. The van der Waals surface area contributed by atoms with Crippen LogP contribution in [0.2, 0.25) is 0 Å². The van der Waals surface area contributed by atoms with E-state index in [4.69, 9.17) is 39.6 Å². The molecule has 10 rings (SSSR count). The first kappa shape index (κ1) is 38.3. The molecule has 302 valence electrons. The highest BCUT2D eigenvalue weighted by Crippen LogP contribution is 2.35. The van der Waals surface area contributed by atoms with E-state index >= 15 is 0 Å². The lowest BCUT2D eigenvalue weighted by molar-refractivity contribution is 0.468. The predicted molar refractivity (Wildman–Crippen MR) is 241 cm³/mol. The number of aryl methyl sites for hydroxylation is 6. The summed E-state index contributed by atoms with van der Waals surface area (Å²) in [5.41, 5.74) is 10.3. The van der Waals surface area contributed by atoms with Crippen LogP contribution in [0.25, 0.3) is 66.6 Å². The van der Waals surface area contributed by atoms with E-state index in [1.807, 2.05) is 68.4 Å². The minimum atomic E-state index is -0.212. The van der Waals surface area contributed by atoms with Gasteiger partial charge in [0.25, 0.3) is 5.56 Å². The van der Waals surface area contributed by atoms with Crippen LogP contribution >= 0.6 is 0 Å². The number of nitrogens with zero attached hydrogens (tertiary/aromatic N) is 9. The van der Waals surface area contributed by atoms with Crippen LogP contribution in [0, 0.1) is 13.8 Å². The summed E-state index contributed by atoms with van der Waals surface area (Å²) < 4.78 is 6.55. The quantitative estimate of drug-likeness (QED) is 0.117. The Balaban J connectivity index is 0.851. The molecule has 62 heavy (non-hydrogen) atoms. The fourth-order valence-electron chi connectivity index (χ4n) is 7.77. The monoisotopic (exact) mass is 812 g/mol. The number of hydrogen-bond acceptors (Lipinski definition) is 11.